The van der Waals surface area contributed by atoms with Crippen LogP contribution in [0.2, 0.25) is 0 Å². The number of hydrogen-bond acceptors (Lipinski definition) is 3. The van der Waals surface area contributed by atoms with E-state index in [1.165, 1.54) is 25.7 Å². The number of anilines is 1. The highest BCUT2D eigenvalue weighted by Gasteiger charge is 2.18. The summed E-state index contributed by atoms with van der Waals surface area (Å²) in [5, 5.41) is 12.2. The normalized spacial score (nSPS) is 15.3. The fourth-order valence-electron chi connectivity index (χ4n) is 2.77. The SMILES string of the molecule is CCOc1ccc(NC(=O)CC2CCCC2)cc1CO. The van der Waals surface area contributed by atoms with E-state index in [2.05, 4.69) is 5.32 Å². The molecule has 20 heavy (non-hydrogen) atoms. The minimum Gasteiger partial charge on any atom is -0.494 e. The number of aliphatic hydroxyl groups is 1. The Kier molecular flexibility index (Phi) is 5.41. The van der Waals surface area contributed by atoms with E-state index in [0.717, 1.165) is 5.69 Å². The van der Waals surface area contributed by atoms with Gasteiger partial charge in [-0.3, -0.25) is 4.79 Å². The average molecular weight is 277 g/mol. The number of carbonyl (C=O) groups excluding carboxylic acids is 1. The number of aliphatic hydroxyl groups excluding tert-OH is 1. The summed E-state index contributed by atoms with van der Waals surface area (Å²) in [6, 6.07) is 5.38. The molecule has 0 saturated heterocycles. The molecule has 1 saturated carbocycles. The van der Waals surface area contributed by atoms with Crippen molar-refractivity contribution in [2.75, 3.05) is 11.9 Å². The van der Waals surface area contributed by atoms with Gasteiger partial charge in [-0.2, -0.15) is 0 Å². The van der Waals surface area contributed by atoms with Gasteiger partial charge < -0.3 is 15.2 Å². The summed E-state index contributed by atoms with van der Waals surface area (Å²) in [6.07, 6.45) is 5.42. The van der Waals surface area contributed by atoms with Crippen molar-refractivity contribution in [3.05, 3.63) is 23.8 Å². The van der Waals surface area contributed by atoms with E-state index >= 15 is 0 Å². The zero-order chi connectivity index (χ0) is 14.4. The first-order valence-electron chi connectivity index (χ1n) is 7.39. The summed E-state index contributed by atoms with van der Waals surface area (Å²) in [5.41, 5.74) is 1.42. The maximum atomic E-state index is 12.0. The van der Waals surface area contributed by atoms with Crippen molar-refractivity contribution in [1.29, 1.82) is 0 Å². The van der Waals surface area contributed by atoms with Crippen LogP contribution in [0.1, 0.15) is 44.6 Å². The fourth-order valence-corrected chi connectivity index (χ4v) is 2.77. The average Bonchev–Trinajstić information content (AvgIpc) is 2.93. The van der Waals surface area contributed by atoms with E-state index in [0.29, 0.717) is 30.3 Å². The molecular formula is C16H23NO3. The van der Waals surface area contributed by atoms with Crippen LogP contribution in [-0.2, 0) is 11.4 Å². The van der Waals surface area contributed by atoms with Crippen LogP contribution in [0.3, 0.4) is 0 Å². The van der Waals surface area contributed by atoms with E-state index in [1.54, 1.807) is 12.1 Å². The topological polar surface area (TPSA) is 58.6 Å². The molecule has 0 spiro atoms. The Morgan fingerprint density at radius 1 is 1.40 bits per heavy atom. The molecule has 0 aliphatic heterocycles. The van der Waals surface area contributed by atoms with Crippen molar-refractivity contribution < 1.29 is 14.6 Å². The minimum absolute atomic E-state index is 0.0601. The van der Waals surface area contributed by atoms with Crippen molar-refractivity contribution >= 4 is 11.6 Å². The van der Waals surface area contributed by atoms with Gasteiger partial charge in [0.1, 0.15) is 5.75 Å². The van der Waals surface area contributed by atoms with Crippen molar-refractivity contribution in [3.8, 4) is 5.75 Å². The lowest BCUT2D eigenvalue weighted by atomic mass is 10.0. The summed E-state index contributed by atoms with van der Waals surface area (Å²) in [6.45, 7) is 2.36. The Morgan fingerprint density at radius 3 is 2.80 bits per heavy atom. The Morgan fingerprint density at radius 2 is 2.15 bits per heavy atom. The fraction of sp³-hybridized carbons (Fsp3) is 0.562. The molecule has 0 unspecified atom stereocenters. The molecule has 0 bridgehead atoms. The van der Waals surface area contributed by atoms with Crippen LogP contribution in [0, 0.1) is 5.92 Å². The van der Waals surface area contributed by atoms with Gasteiger partial charge in [0, 0.05) is 17.7 Å². The third kappa shape index (κ3) is 3.97. The molecule has 4 nitrogen and oxygen atoms in total. The van der Waals surface area contributed by atoms with Crippen molar-refractivity contribution in [2.24, 2.45) is 5.92 Å². The van der Waals surface area contributed by atoms with Gasteiger partial charge in [0.15, 0.2) is 0 Å². The zero-order valence-electron chi connectivity index (χ0n) is 12.0. The van der Waals surface area contributed by atoms with Gasteiger partial charge in [0.05, 0.1) is 13.2 Å². The molecule has 0 heterocycles. The highest BCUT2D eigenvalue weighted by Crippen LogP contribution is 2.28. The standard InChI is InChI=1S/C16H23NO3/c1-2-20-15-8-7-14(10-13(15)11-18)17-16(19)9-12-5-3-4-6-12/h7-8,10,12,18H,2-6,9,11H2,1H3,(H,17,19). The monoisotopic (exact) mass is 277 g/mol. The molecule has 1 aliphatic carbocycles. The van der Waals surface area contributed by atoms with E-state index < -0.39 is 0 Å². The molecule has 1 amide bonds. The highest BCUT2D eigenvalue weighted by molar-refractivity contribution is 5.91. The van der Waals surface area contributed by atoms with Gasteiger partial charge in [-0.25, -0.2) is 0 Å². The summed E-state index contributed by atoms with van der Waals surface area (Å²) >= 11 is 0. The van der Waals surface area contributed by atoms with Crippen LogP contribution < -0.4 is 10.1 Å². The van der Waals surface area contributed by atoms with Crippen LogP contribution >= 0.6 is 0 Å². The second-order valence-electron chi connectivity index (χ2n) is 5.32. The smallest absolute Gasteiger partial charge is 0.224 e. The molecule has 2 rings (SSSR count). The highest BCUT2D eigenvalue weighted by atomic mass is 16.5. The van der Waals surface area contributed by atoms with E-state index in [1.807, 2.05) is 13.0 Å². The first-order chi connectivity index (χ1) is 9.72. The van der Waals surface area contributed by atoms with Crippen LogP contribution in [-0.4, -0.2) is 17.6 Å². The largest absolute Gasteiger partial charge is 0.494 e. The molecule has 1 aromatic rings. The summed E-state index contributed by atoms with van der Waals surface area (Å²) < 4.78 is 5.42. The summed E-state index contributed by atoms with van der Waals surface area (Å²) in [5.74, 6) is 1.27. The molecule has 4 heteroatoms. The van der Waals surface area contributed by atoms with Crippen LogP contribution in [0.5, 0.6) is 5.75 Å². The van der Waals surface area contributed by atoms with Crippen LogP contribution in [0.4, 0.5) is 5.69 Å². The molecule has 0 radical (unpaired) electrons. The van der Waals surface area contributed by atoms with Gasteiger partial charge in [-0.05, 0) is 43.9 Å². The lowest BCUT2D eigenvalue weighted by molar-refractivity contribution is -0.117. The summed E-state index contributed by atoms with van der Waals surface area (Å²) in [4.78, 5) is 12.0. The Balaban J connectivity index is 1.96. The molecule has 0 aromatic heterocycles. The second kappa shape index (κ2) is 7.29. The van der Waals surface area contributed by atoms with E-state index in [9.17, 15) is 9.90 Å². The van der Waals surface area contributed by atoms with Gasteiger partial charge in [0.2, 0.25) is 5.91 Å². The number of hydrogen-bond donors (Lipinski definition) is 2. The number of rotatable bonds is 6. The molecule has 1 aliphatic rings. The predicted octanol–water partition coefficient (Wildman–Crippen LogP) is 3.10. The molecular weight excluding hydrogens is 254 g/mol. The lowest BCUT2D eigenvalue weighted by Gasteiger charge is -2.13. The number of benzene rings is 1. The summed E-state index contributed by atoms with van der Waals surface area (Å²) in [7, 11) is 0. The second-order valence-corrected chi connectivity index (χ2v) is 5.32. The number of amides is 1. The van der Waals surface area contributed by atoms with Gasteiger partial charge in [-0.1, -0.05) is 12.8 Å². The Labute approximate surface area is 120 Å². The van der Waals surface area contributed by atoms with Gasteiger partial charge >= 0.3 is 0 Å². The Bertz CT molecular complexity index is 453. The van der Waals surface area contributed by atoms with Crippen LogP contribution in [0.25, 0.3) is 0 Å². The zero-order valence-corrected chi connectivity index (χ0v) is 12.0. The quantitative estimate of drug-likeness (QED) is 0.840. The number of nitrogens with one attached hydrogen (secondary N) is 1. The van der Waals surface area contributed by atoms with Crippen molar-refractivity contribution in [1.82, 2.24) is 0 Å². The van der Waals surface area contributed by atoms with E-state index in [4.69, 9.17) is 4.74 Å². The van der Waals surface area contributed by atoms with Gasteiger partial charge in [0.25, 0.3) is 0 Å². The van der Waals surface area contributed by atoms with Crippen LogP contribution in [0.15, 0.2) is 18.2 Å². The van der Waals surface area contributed by atoms with Crippen molar-refractivity contribution in [3.63, 3.8) is 0 Å². The minimum atomic E-state index is -0.0956. The molecule has 2 N–H and O–H groups in total. The van der Waals surface area contributed by atoms with E-state index in [-0.39, 0.29) is 12.5 Å². The first kappa shape index (κ1) is 14.9. The molecule has 110 valence electrons. The molecule has 1 fully saturated rings. The molecule has 1 aromatic carbocycles. The van der Waals surface area contributed by atoms with Gasteiger partial charge in [-0.15, -0.1) is 0 Å². The predicted molar refractivity (Wildman–Crippen MR) is 78.7 cm³/mol. The van der Waals surface area contributed by atoms with Crippen molar-refractivity contribution in [2.45, 2.75) is 45.6 Å². The Hall–Kier alpha value is -1.55. The maximum Gasteiger partial charge on any atom is 0.224 e. The molecule has 0 atom stereocenters. The lowest BCUT2D eigenvalue weighted by Crippen LogP contribution is -2.15. The maximum absolute atomic E-state index is 12.0. The first-order valence-corrected chi connectivity index (χ1v) is 7.39. The third-order valence-corrected chi connectivity index (χ3v) is 3.76. The third-order valence-electron chi connectivity index (χ3n) is 3.76. The number of ether oxygens (including phenoxy) is 1. The number of carbonyl (C=O) groups is 1.